The molecule has 21 heavy (non-hydrogen) atoms. The van der Waals surface area contributed by atoms with Crippen molar-refractivity contribution < 1.29 is 13.2 Å². The van der Waals surface area contributed by atoms with E-state index in [0.717, 1.165) is 12.0 Å². The zero-order valence-electron chi connectivity index (χ0n) is 12.3. The number of hydrogen-bond donors (Lipinski definition) is 2. The van der Waals surface area contributed by atoms with Crippen molar-refractivity contribution in [1.29, 1.82) is 0 Å². The van der Waals surface area contributed by atoms with E-state index in [0.29, 0.717) is 18.5 Å². The average Bonchev–Trinajstić information content (AvgIpc) is 2.35. The van der Waals surface area contributed by atoms with Gasteiger partial charge in [0.1, 0.15) is 0 Å². The molecule has 0 fully saturated rings. The first kappa shape index (κ1) is 19.9. The molecule has 1 rings (SSSR count). The molecule has 0 aliphatic heterocycles. The van der Waals surface area contributed by atoms with Crippen molar-refractivity contribution in [2.75, 3.05) is 6.26 Å². The zero-order valence-corrected chi connectivity index (χ0v) is 14.0. The van der Waals surface area contributed by atoms with Gasteiger partial charge in [-0.3, -0.25) is 4.79 Å². The number of carbonyl (C=O) groups excluding carboxylic acids is 1. The van der Waals surface area contributed by atoms with Crippen molar-refractivity contribution in [1.82, 2.24) is 5.32 Å². The van der Waals surface area contributed by atoms with E-state index < -0.39 is 15.9 Å². The van der Waals surface area contributed by atoms with E-state index in [4.69, 9.17) is 5.73 Å². The first-order valence-electron chi connectivity index (χ1n) is 6.61. The predicted octanol–water partition coefficient (Wildman–Crippen LogP) is 1.40. The summed E-state index contributed by atoms with van der Waals surface area (Å²) in [4.78, 5) is 11.7. The van der Waals surface area contributed by atoms with Crippen LogP contribution in [0.25, 0.3) is 0 Å². The molecular weight excluding hydrogens is 312 g/mol. The summed E-state index contributed by atoms with van der Waals surface area (Å²) < 4.78 is 22.8. The molecule has 5 nitrogen and oxygen atoms in total. The Labute approximate surface area is 132 Å². The van der Waals surface area contributed by atoms with Gasteiger partial charge in [0.15, 0.2) is 9.84 Å². The van der Waals surface area contributed by atoms with Crippen LogP contribution in [0.2, 0.25) is 0 Å². The van der Waals surface area contributed by atoms with Gasteiger partial charge in [-0.25, -0.2) is 8.42 Å². The van der Waals surface area contributed by atoms with Gasteiger partial charge in [0.2, 0.25) is 5.91 Å². The van der Waals surface area contributed by atoms with E-state index in [2.05, 4.69) is 5.32 Å². The summed E-state index contributed by atoms with van der Waals surface area (Å²) in [7, 11) is -3.10. The Morgan fingerprint density at radius 3 is 2.38 bits per heavy atom. The van der Waals surface area contributed by atoms with Crippen LogP contribution < -0.4 is 11.1 Å². The maximum Gasteiger partial charge on any atom is 0.237 e. The summed E-state index contributed by atoms with van der Waals surface area (Å²) in [6, 6.07) is 6.66. The number of benzene rings is 1. The second-order valence-electron chi connectivity index (χ2n) is 4.95. The van der Waals surface area contributed by atoms with Gasteiger partial charge in [-0.15, -0.1) is 12.4 Å². The summed E-state index contributed by atoms with van der Waals surface area (Å²) in [5.74, 6) is -0.235. The van der Waals surface area contributed by atoms with Crippen molar-refractivity contribution in [2.45, 2.75) is 38.1 Å². The van der Waals surface area contributed by atoms with E-state index in [1.807, 2.05) is 19.1 Å². The summed E-state index contributed by atoms with van der Waals surface area (Å²) in [6.07, 6.45) is 2.68. The van der Waals surface area contributed by atoms with Crippen molar-refractivity contribution in [3.63, 3.8) is 0 Å². The minimum absolute atomic E-state index is 0. The molecule has 120 valence electrons. The highest BCUT2D eigenvalue weighted by Crippen LogP contribution is 2.12. The van der Waals surface area contributed by atoms with Crippen LogP contribution in [0.1, 0.15) is 30.9 Å². The van der Waals surface area contributed by atoms with E-state index in [1.54, 1.807) is 12.1 Å². The van der Waals surface area contributed by atoms with Crippen LogP contribution in [0.5, 0.6) is 0 Å². The molecule has 0 saturated carbocycles. The standard InChI is InChI=1S/C14H22N2O3S.ClH/c1-3-6-13(15)14(17)16-9-11-7-4-5-8-12(11)10-20(2,18)19;/h4-5,7-8,13H,3,6,9-10,15H2,1-2H3,(H,16,17);1H. The molecule has 7 heteroatoms. The normalized spacial score (nSPS) is 12.3. The number of amides is 1. The van der Waals surface area contributed by atoms with Crippen LogP contribution in [-0.2, 0) is 26.9 Å². The van der Waals surface area contributed by atoms with Crippen molar-refractivity contribution in [3.05, 3.63) is 35.4 Å². The third-order valence-corrected chi connectivity index (χ3v) is 3.76. The molecule has 0 aliphatic rings. The molecule has 1 unspecified atom stereocenters. The molecule has 3 N–H and O–H groups in total. The quantitative estimate of drug-likeness (QED) is 0.788. The molecule has 0 bridgehead atoms. The Morgan fingerprint density at radius 2 is 1.86 bits per heavy atom. The molecular formula is C14H23ClN2O3S. The van der Waals surface area contributed by atoms with Gasteiger partial charge < -0.3 is 11.1 Å². The fourth-order valence-corrected chi connectivity index (χ4v) is 2.76. The van der Waals surface area contributed by atoms with Crippen LogP contribution in [0.3, 0.4) is 0 Å². The topological polar surface area (TPSA) is 89.3 Å². The summed E-state index contributed by atoms with van der Waals surface area (Å²) in [6.45, 7) is 2.26. The van der Waals surface area contributed by atoms with Crippen molar-refractivity contribution in [3.8, 4) is 0 Å². The molecule has 1 amide bonds. The molecule has 1 aromatic rings. The lowest BCUT2D eigenvalue weighted by Crippen LogP contribution is -2.40. The number of hydrogen-bond acceptors (Lipinski definition) is 4. The Balaban J connectivity index is 0.00000400. The minimum Gasteiger partial charge on any atom is -0.351 e. The Morgan fingerprint density at radius 1 is 1.29 bits per heavy atom. The van der Waals surface area contributed by atoms with E-state index >= 15 is 0 Å². The number of carbonyl (C=O) groups is 1. The molecule has 1 aromatic carbocycles. The van der Waals surface area contributed by atoms with Crippen molar-refractivity contribution >= 4 is 28.2 Å². The lowest BCUT2D eigenvalue weighted by Gasteiger charge is -2.13. The molecule has 0 radical (unpaired) electrons. The number of nitrogens with one attached hydrogen (secondary N) is 1. The Kier molecular flexibility index (Phi) is 8.54. The Bertz CT molecular complexity index is 561. The smallest absolute Gasteiger partial charge is 0.237 e. The number of rotatable bonds is 7. The summed E-state index contributed by atoms with van der Waals surface area (Å²) in [5.41, 5.74) is 7.23. The second-order valence-corrected chi connectivity index (χ2v) is 7.09. The van der Waals surface area contributed by atoms with Crippen LogP contribution in [-0.4, -0.2) is 26.6 Å². The maximum atomic E-state index is 11.7. The van der Waals surface area contributed by atoms with E-state index in [1.165, 1.54) is 6.26 Å². The van der Waals surface area contributed by atoms with Gasteiger partial charge in [-0.2, -0.15) is 0 Å². The van der Waals surface area contributed by atoms with Gasteiger partial charge in [0.25, 0.3) is 0 Å². The molecule has 0 aromatic heterocycles. The summed E-state index contributed by atoms with van der Waals surface area (Å²) in [5, 5.41) is 2.75. The summed E-state index contributed by atoms with van der Waals surface area (Å²) >= 11 is 0. The fourth-order valence-electron chi connectivity index (χ4n) is 1.91. The molecule has 0 aliphatic carbocycles. The minimum atomic E-state index is -3.10. The highest BCUT2D eigenvalue weighted by molar-refractivity contribution is 7.89. The molecule has 1 atom stereocenters. The van der Waals surface area contributed by atoms with Crippen molar-refractivity contribution in [2.24, 2.45) is 5.73 Å². The largest absolute Gasteiger partial charge is 0.351 e. The number of sulfone groups is 1. The van der Waals surface area contributed by atoms with E-state index in [9.17, 15) is 13.2 Å². The van der Waals surface area contributed by atoms with Crippen LogP contribution >= 0.6 is 12.4 Å². The van der Waals surface area contributed by atoms with Gasteiger partial charge in [-0.05, 0) is 17.5 Å². The number of nitrogens with two attached hydrogens (primary N) is 1. The van der Waals surface area contributed by atoms with E-state index in [-0.39, 0.29) is 24.1 Å². The Hall–Kier alpha value is -1.11. The first-order valence-corrected chi connectivity index (χ1v) is 8.67. The highest BCUT2D eigenvalue weighted by atomic mass is 35.5. The third-order valence-electron chi connectivity index (χ3n) is 2.93. The molecule has 0 saturated heterocycles. The molecule has 0 spiro atoms. The van der Waals surface area contributed by atoms with Crippen LogP contribution in [0, 0.1) is 0 Å². The monoisotopic (exact) mass is 334 g/mol. The van der Waals surface area contributed by atoms with Crippen LogP contribution in [0.4, 0.5) is 0 Å². The van der Waals surface area contributed by atoms with Gasteiger partial charge in [0.05, 0.1) is 11.8 Å². The first-order chi connectivity index (χ1) is 9.33. The zero-order chi connectivity index (χ0) is 15.2. The maximum absolute atomic E-state index is 11.7. The fraction of sp³-hybridized carbons (Fsp3) is 0.500. The molecule has 0 heterocycles. The second kappa shape index (κ2) is 9.02. The lowest BCUT2D eigenvalue weighted by atomic mass is 10.1. The average molecular weight is 335 g/mol. The van der Waals surface area contributed by atoms with Crippen LogP contribution in [0.15, 0.2) is 24.3 Å². The number of halogens is 1. The SMILES string of the molecule is CCCC(N)C(=O)NCc1ccccc1CS(C)(=O)=O.Cl. The van der Waals surface area contributed by atoms with Gasteiger partial charge >= 0.3 is 0 Å². The predicted molar refractivity (Wildman–Crippen MR) is 87.0 cm³/mol. The van der Waals surface area contributed by atoms with Gasteiger partial charge in [-0.1, -0.05) is 37.6 Å². The third kappa shape index (κ3) is 7.45. The lowest BCUT2D eigenvalue weighted by molar-refractivity contribution is -0.122. The highest BCUT2D eigenvalue weighted by Gasteiger charge is 2.13. The van der Waals surface area contributed by atoms with Gasteiger partial charge in [0, 0.05) is 12.8 Å².